The maximum atomic E-state index is 11.8. The molecule has 1 saturated carbocycles. The summed E-state index contributed by atoms with van der Waals surface area (Å²) in [7, 11) is 0. The van der Waals surface area contributed by atoms with E-state index in [1.165, 1.54) is 12.8 Å². The summed E-state index contributed by atoms with van der Waals surface area (Å²) >= 11 is 0. The number of hydrogen-bond acceptors (Lipinski definition) is 3. The maximum absolute atomic E-state index is 11.8. The standard InChI is InChI=1S/C14H25NO3/c1-10(16)9-12(11-7-5-6-8-11)15-13(17)18-14(2,3)4/h11-12H,5-9H2,1-4H3,(H,15,17). The second kappa shape index (κ2) is 6.21. The first kappa shape index (κ1) is 15.0. The third-order valence-corrected chi connectivity index (χ3v) is 3.18. The van der Waals surface area contributed by atoms with E-state index in [0.717, 1.165) is 12.8 Å². The maximum Gasteiger partial charge on any atom is 0.407 e. The topological polar surface area (TPSA) is 55.4 Å². The average Bonchev–Trinajstić information content (AvgIpc) is 2.64. The predicted octanol–water partition coefficient (Wildman–Crippen LogP) is 3.05. The Morgan fingerprint density at radius 1 is 1.28 bits per heavy atom. The van der Waals surface area contributed by atoms with Gasteiger partial charge in [0.25, 0.3) is 0 Å². The van der Waals surface area contributed by atoms with Crippen LogP contribution in [0, 0.1) is 5.92 Å². The number of amides is 1. The fourth-order valence-electron chi connectivity index (χ4n) is 2.46. The molecule has 1 amide bonds. The molecule has 4 heteroatoms. The third kappa shape index (κ3) is 5.52. The molecule has 0 bridgehead atoms. The lowest BCUT2D eigenvalue weighted by Gasteiger charge is -2.26. The minimum atomic E-state index is -0.499. The van der Waals surface area contributed by atoms with E-state index < -0.39 is 11.7 Å². The van der Waals surface area contributed by atoms with Crippen LogP contribution in [0.5, 0.6) is 0 Å². The number of carbonyl (C=O) groups is 2. The largest absolute Gasteiger partial charge is 0.444 e. The zero-order valence-corrected chi connectivity index (χ0v) is 11.9. The van der Waals surface area contributed by atoms with E-state index in [0.29, 0.717) is 12.3 Å². The van der Waals surface area contributed by atoms with Gasteiger partial charge >= 0.3 is 6.09 Å². The van der Waals surface area contributed by atoms with Gasteiger partial charge in [-0.15, -0.1) is 0 Å². The summed E-state index contributed by atoms with van der Waals surface area (Å²) in [6.07, 6.45) is 4.55. The van der Waals surface area contributed by atoms with Crippen LogP contribution in [-0.4, -0.2) is 23.5 Å². The summed E-state index contributed by atoms with van der Waals surface area (Å²) in [5, 5.41) is 2.86. The van der Waals surface area contributed by atoms with Crippen molar-refractivity contribution in [2.45, 2.75) is 71.4 Å². The van der Waals surface area contributed by atoms with Crippen LogP contribution >= 0.6 is 0 Å². The van der Waals surface area contributed by atoms with Crippen molar-refractivity contribution in [3.8, 4) is 0 Å². The van der Waals surface area contributed by atoms with Crippen molar-refractivity contribution < 1.29 is 14.3 Å². The molecule has 0 radical (unpaired) electrons. The van der Waals surface area contributed by atoms with Gasteiger partial charge in [0.05, 0.1) is 0 Å². The molecule has 1 unspecified atom stereocenters. The first-order valence-corrected chi connectivity index (χ1v) is 6.77. The van der Waals surface area contributed by atoms with Gasteiger partial charge < -0.3 is 10.1 Å². The SMILES string of the molecule is CC(=O)CC(NC(=O)OC(C)(C)C)C1CCCC1. The third-order valence-electron chi connectivity index (χ3n) is 3.18. The Morgan fingerprint density at radius 2 is 1.83 bits per heavy atom. The molecule has 4 nitrogen and oxygen atoms in total. The molecule has 0 aromatic heterocycles. The smallest absolute Gasteiger partial charge is 0.407 e. The van der Waals surface area contributed by atoms with Crippen LogP contribution in [0.4, 0.5) is 4.79 Å². The molecule has 18 heavy (non-hydrogen) atoms. The number of ketones is 1. The lowest BCUT2D eigenvalue weighted by molar-refractivity contribution is -0.117. The van der Waals surface area contributed by atoms with Gasteiger partial charge in [0, 0.05) is 12.5 Å². The van der Waals surface area contributed by atoms with E-state index in [1.807, 2.05) is 20.8 Å². The molecular weight excluding hydrogens is 230 g/mol. The van der Waals surface area contributed by atoms with Crippen LogP contribution in [0.15, 0.2) is 0 Å². The fraction of sp³-hybridized carbons (Fsp3) is 0.857. The Balaban J connectivity index is 2.54. The second-order valence-corrected chi connectivity index (χ2v) is 6.20. The van der Waals surface area contributed by atoms with E-state index in [2.05, 4.69) is 5.32 Å². The Hall–Kier alpha value is -1.06. The summed E-state index contributed by atoms with van der Waals surface area (Å²) in [5.74, 6) is 0.532. The molecule has 1 aliphatic rings. The lowest BCUT2D eigenvalue weighted by atomic mass is 9.94. The average molecular weight is 255 g/mol. The number of Topliss-reactive ketones (excluding diaryl/α,β-unsaturated/α-hetero) is 1. The molecule has 0 aliphatic heterocycles. The Labute approximate surface area is 109 Å². The van der Waals surface area contributed by atoms with Gasteiger partial charge in [0.2, 0.25) is 0 Å². The quantitative estimate of drug-likeness (QED) is 0.840. The molecule has 1 fully saturated rings. The molecule has 104 valence electrons. The van der Waals surface area contributed by atoms with Gasteiger partial charge in [-0.2, -0.15) is 0 Å². The van der Waals surface area contributed by atoms with Crippen LogP contribution in [0.25, 0.3) is 0 Å². The minimum absolute atomic E-state index is 0.0696. The van der Waals surface area contributed by atoms with Crippen LogP contribution < -0.4 is 5.32 Å². The monoisotopic (exact) mass is 255 g/mol. The summed E-state index contributed by atoms with van der Waals surface area (Å²) in [6.45, 7) is 7.07. The number of carbonyl (C=O) groups excluding carboxylic acids is 2. The van der Waals surface area contributed by atoms with Gasteiger partial charge in [0.1, 0.15) is 11.4 Å². The molecule has 1 atom stereocenters. The van der Waals surface area contributed by atoms with E-state index in [9.17, 15) is 9.59 Å². The highest BCUT2D eigenvalue weighted by molar-refractivity contribution is 5.77. The molecule has 0 spiro atoms. The minimum Gasteiger partial charge on any atom is -0.444 e. The molecule has 1 N–H and O–H groups in total. The number of alkyl carbamates (subject to hydrolysis) is 1. The first-order valence-electron chi connectivity index (χ1n) is 6.77. The van der Waals surface area contributed by atoms with Crippen molar-refractivity contribution in [1.29, 1.82) is 0 Å². The van der Waals surface area contributed by atoms with Crippen molar-refractivity contribution in [3.63, 3.8) is 0 Å². The Bertz CT molecular complexity index is 301. The molecule has 0 aromatic carbocycles. The number of ether oxygens (including phenoxy) is 1. The Kier molecular flexibility index (Phi) is 5.17. The fourth-order valence-corrected chi connectivity index (χ4v) is 2.46. The van der Waals surface area contributed by atoms with Gasteiger partial charge in [-0.05, 0) is 46.5 Å². The highest BCUT2D eigenvalue weighted by Gasteiger charge is 2.28. The van der Waals surface area contributed by atoms with Crippen LogP contribution in [-0.2, 0) is 9.53 Å². The van der Waals surface area contributed by atoms with E-state index in [1.54, 1.807) is 6.92 Å². The van der Waals surface area contributed by atoms with Crippen molar-refractivity contribution in [2.24, 2.45) is 5.92 Å². The summed E-state index contributed by atoms with van der Waals surface area (Å²) in [6, 6.07) is -0.0696. The zero-order chi connectivity index (χ0) is 13.8. The normalized spacial score (nSPS) is 18.4. The highest BCUT2D eigenvalue weighted by atomic mass is 16.6. The van der Waals surface area contributed by atoms with E-state index in [-0.39, 0.29) is 11.8 Å². The van der Waals surface area contributed by atoms with Crippen molar-refractivity contribution >= 4 is 11.9 Å². The molecule has 0 saturated heterocycles. The van der Waals surface area contributed by atoms with Gasteiger partial charge in [-0.25, -0.2) is 4.79 Å². The second-order valence-electron chi connectivity index (χ2n) is 6.20. The number of nitrogens with one attached hydrogen (secondary N) is 1. The van der Waals surface area contributed by atoms with Crippen molar-refractivity contribution in [2.75, 3.05) is 0 Å². The van der Waals surface area contributed by atoms with E-state index in [4.69, 9.17) is 4.74 Å². The zero-order valence-electron chi connectivity index (χ0n) is 11.9. The molecule has 0 aromatic rings. The van der Waals surface area contributed by atoms with Gasteiger partial charge in [-0.3, -0.25) is 4.79 Å². The van der Waals surface area contributed by atoms with Crippen molar-refractivity contribution in [1.82, 2.24) is 5.32 Å². The predicted molar refractivity (Wildman–Crippen MR) is 70.4 cm³/mol. The van der Waals surface area contributed by atoms with Crippen LogP contribution in [0.1, 0.15) is 59.8 Å². The summed E-state index contributed by atoms with van der Waals surface area (Å²) < 4.78 is 5.25. The van der Waals surface area contributed by atoms with Crippen molar-refractivity contribution in [3.05, 3.63) is 0 Å². The first-order chi connectivity index (χ1) is 8.28. The lowest BCUT2D eigenvalue weighted by Crippen LogP contribution is -2.43. The number of hydrogen-bond donors (Lipinski definition) is 1. The van der Waals surface area contributed by atoms with Gasteiger partial charge in [0.15, 0.2) is 0 Å². The summed E-state index contributed by atoms with van der Waals surface area (Å²) in [5.41, 5.74) is -0.499. The highest BCUT2D eigenvalue weighted by Crippen LogP contribution is 2.29. The summed E-state index contributed by atoms with van der Waals surface area (Å²) in [4.78, 5) is 23.0. The Morgan fingerprint density at radius 3 is 2.28 bits per heavy atom. The molecule has 1 rings (SSSR count). The van der Waals surface area contributed by atoms with Crippen LogP contribution in [0.3, 0.4) is 0 Å². The number of rotatable bonds is 4. The van der Waals surface area contributed by atoms with Gasteiger partial charge in [-0.1, -0.05) is 12.8 Å². The molecule has 1 aliphatic carbocycles. The molecular formula is C14H25NO3. The molecule has 0 heterocycles. The van der Waals surface area contributed by atoms with E-state index >= 15 is 0 Å². The van der Waals surface area contributed by atoms with Crippen LogP contribution in [0.2, 0.25) is 0 Å².